The number of anilines is 1. The minimum Gasteiger partial charge on any atom is -0.456 e. The lowest BCUT2D eigenvalue weighted by molar-refractivity contribution is -0.152. The number of amides is 1. The van der Waals surface area contributed by atoms with Crippen LogP contribution < -0.4 is 5.73 Å². The van der Waals surface area contributed by atoms with E-state index in [0.29, 0.717) is 31.4 Å². The zero-order valence-electron chi connectivity index (χ0n) is 21.6. The number of nitrogens with zero attached hydrogens (tertiary/aromatic N) is 4. The summed E-state index contributed by atoms with van der Waals surface area (Å²) in [6.45, 7) is 6.99. The van der Waals surface area contributed by atoms with Gasteiger partial charge in [-0.05, 0) is 43.0 Å². The zero-order valence-corrected chi connectivity index (χ0v) is 23.3. The largest absolute Gasteiger partial charge is 0.456 e. The molecular formula is C25H31ClFN5O5Si. The smallest absolute Gasteiger partial charge is 0.329 e. The molecule has 0 radical (unpaired) electrons. The molecule has 0 saturated carbocycles. The molecule has 10 nitrogen and oxygen atoms in total. The number of Topliss-reactive ketones (excluding diaryl/α,β-unsaturated/α-hetero) is 1. The molecule has 13 heteroatoms. The number of ether oxygens (including phenoxy) is 2. The summed E-state index contributed by atoms with van der Waals surface area (Å²) < 4.78 is 26.9. The summed E-state index contributed by atoms with van der Waals surface area (Å²) in [5, 5.41) is 4.00. The second kappa shape index (κ2) is 11.3. The van der Waals surface area contributed by atoms with Gasteiger partial charge >= 0.3 is 5.97 Å². The van der Waals surface area contributed by atoms with E-state index < -0.39 is 44.2 Å². The van der Waals surface area contributed by atoms with E-state index in [0.717, 1.165) is 6.04 Å². The van der Waals surface area contributed by atoms with E-state index >= 15 is 0 Å². The summed E-state index contributed by atoms with van der Waals surface area (Å²) in [6.07, 6.45) is 3.86. The summed E-state index contributed by atoms with van der Waals surface area (Å²) in [6, 6.07) is 2.69. The Labute approximate surface area is 225 Å². The molecule has 2 atom stereocenters. The van der Waals surface area contributed by atoms with E-state index in [-0.39, 0.29) is 34.9 Å². The van der Waals surface area contributed by atoms with Crippen molar-refractivity contribution in [1.82, 2.24) is 19.7 Å². The van der Waals surface area contributed by atoms with Crippen LogP contribution in [0.4, 0.5) is 10.1 Å². The molecular weight excluding hydrogens is 533 g/mol. The van der Waals surface area contributed by atoms with Crippen LogP contribution in [0.3, 0.4) is 0 Å². The number of nitrogen functional groups attached to an aromatic ring is 1. The van der Waals surface area contributed by atoms with E-state index in [2.05, 4.69) is 29.7 Å². The quantitative estimate of drug-likeness (QED) is 0.153. The lowest BCUT2D eigenvalue weighted by atomic mass is 9.92. The lowest BCUT2D eigenvalue weighted by Crippen LogP contribution is -2.47. The third-order valence-electron chi connectivity index (χ3n) is 6.58. The van der Waals surface area contributed by atoms with E-state index in [1.165, 1.54) is 34.1 Å². The van der Waals surface area contributed by atoms with Crippen molar-refractivity contribution in [2.24, 2.45) is 0 Å². The van der Waals surface area contributed by atoms with Crippen molar-refractivity contribution in [2.75, 3.05) is 18.9 Å². The average molecular weight is 564 g/mol. The molecule has 3 heterocycles. The Bertz CT molecular complexity index is 1280. The summed E-state index contributed by atoms with van der Waals surface area (Å²) in [5.41, 5.74) is 6.68. The molecule has 1 unspecified atom stereocenters. The zero-order chi connectivity index (χ0) is 27.6. The number of fused-ring (bicyclic) bond motifs is 1. The molecule has 1 aromatic heterocycles. The fourth-order valence-electron chi connectivity index (χ4n) is 4.57. The normalized spacial score (nSPS) is 19.3. The molecule has 1 fully saturated rings. The SMILES string of the molecule is C[Si](C)(C)CCOCn1cnc(C(=O)COC(=O)[C@@H]2CCC3CC(c4c(N)ccc(Cl)c4F)=CC(=O)N32)n1. The van der Waals surface area contributed by atoms with Crippen molar-refractivity contribution in [3.05, 3.63) is 46.8 Å². The average Bonchev–Trinajstić information content (AvgIpc) is 3.50. The third kappa shape index (κ3) is 6.30. The molecule has 2 aliphatic rings. The second-order valence-corrected chi connectivity index (χ2v) is 16.7. The maximum atomic E-state index is 14.7. The molecule has 1 amide bonds. The van der Waals surface area contributed by atoms with Gasteiger partial charge in [0.05, 0.1) is 5.02 Å². The van der Waals surface area contributed by atoms with Crippen LogP contribution in [0.2, 0.25) is 30.7 Å². The van der Waals surface area contributed by atoms with E-state index in [1.807, 2.05) is 0 Å². The van der Waals surface area contributed by atoms with Crippen LogP contribution >= 0.6 is 11.6 Å². The third-order valence-corrected chi connectivity index (χ3v) is 8.58. The molecule has 0 spiro atoms. The fourth-order valence-corrected chi connectivity index (χ4v) is 5.48. The van der Waals surface area contributed by atoms with E-state index in [1.54, 1.807) is 0 Å². The molecule has 204 valence electrons. The molecule has 2 aliphatic heterocycles. The second-order valence-electron chi connectivity index (χ2n) is 10.7. The van der Waals surface area contributed by atoms with Crippen LogP contribution in [0.25, 0.3) is 5.57 Å². The van der Waals surface area contributed by atoms with Gasteiger partial charge in [-0.2, -0.15) is 0 Å². The van der Waals surface area contributed by atoms with Gasteiger partial charge in [0, 0.05) is 38.0 Å². The van der Waals surface area contributed by atoms with Gasteiger partial charge in [-0.1, -0.05) is 31.2 Å². The lowest BCUT2D eigenvalue weighted by Gasteiger charge is -2.33. The van der Waals surface area contributed by atoms with Gasteiger partial charge in [0.1, 0.15) is 19.1 Å². The van der Waals surface area contributed by atoms with Crippen molar-refractivity contribution >= 4 is 48.6 Å². The highest BCUT2D eigenvalue weighted by Crippen LogP contribution is 2.39. The standard InChI is InChI=1S/C25H31ClFN5O5Si/c1-38(2,3)9-8-36-14-31-13-29-24(30-31)20(33)12-37-25(35)19-7-4-16-10-15(11-21(34)32(16)19)22-18(28)6-5-17(26)23(22)27/h5-6,11,13,16,19H,4,7-10,12,14,28H2,1-3H3/t16?,19-/m0/s1. The Morgan fingerprint density at radius 3 is 2.76 bits per heavy atom. The predicted molar refractivity (Wildman–Crippen MR) is 141 cm³/mol. The summed E-state index contributed by atoms with van der Waals surface area (Å²) in [7, 11) is -1.21. The van der Waals surface area contributed by atoms with Gasteiger partial charge in [-0.25, -0.2) is 18.9 Å². The van der Waals surface area contributed by atoms with Gasteiger partial charge in [-0.15, -0.1) is 5.10 Å². The summed E-state index contributed by atoms with van der Waals surface area (Å²) >= 11 is 5.91. The van der Waals surface area contributed by atoms with Crippen molar-refractivity contribution in [3.63, 3.8) is 0 Å². The number of ketones is 1. The molecule has 2 N–H and O–H groups in total. The Balaban J connectivity index is 1.33. The molecule has 4 rings (SSSR count). The Morgan fingerprint density at radius 2 is 2.03 bits per heavy atom. The van der Waals surface area contributed by atoms with E-state index in [4.69, 9.17) is 26.8 Å². The van der Waals surface area contributed by atoms with Crippen molar-refractivity contribution in [3.8, 4) is 0 Å². The van der Waals surface area contributed by atoms with Crippen LogP contribution in [0, 0.1) is 5.82 Å². The number of carbonyl (C=O) groups is 3. The number of hydrogen-bond donors (Lipinski definition) is 1. The molecule has 0 aliphatic carbocycles. The van der Waals surface area contributed by atoms with Crippen LogP contribution in [-0.2, 0) is 25.8 Å². The Hall–Kier alpha value is -3.09. The van der Waals surface area contributed by atoms with Crippen molar-refractivity contribution in [2.45, 2.75) is 63.8 Å². The van der Waals surface area contributed by atoms with Crippen LogP contribution in [0.1, 0.15) is 35.4 Å². The minimum absolute atomic E-state index is 0.0846. The molecule has 1 aromatic carbocycles. The number of esters is 1. The van der Waals surface area contributed by atoms with E-state index in [9.17, 15) is 18.8 Å². The number of halogens is 2. The van der Waals surface area contributed by atoms with Gasteiger partial charge < -0.3 is 20.1 Å². The number of aromatic nitrogens is 3. The molecule has 2 aromatic rings. The highest BCUT2D eigenvalue weighted by molar-refractivity contribution is 6.76. The monoisotopic (exact) mass is 563 g/mol. The Morgan fingerprint density at radius 1 is 1.26 bits per heavy atom. The Kier molecular flexibility index (Phi) is 8.33. The maximum absolute atomic E-state index is 14.7. The van der Waals surface area contributed by atoms with Gasteiger partial charge in [-0.3, -0.25) is 9.59 Å². The topological polar surface area (TPSA) is 130 Å². The first-order valence-corrected chi connectivity index (χ1v) is 16.5. The first kappa shape index (κ1) is 27.9. The first-order chi connectivity index (χ1) is 17.9. The van der Waals surface area contributed by atoms with Gasteiger partial charge in [0.25, 0.3) is 0 Å². The number of rotatable bonds is 10. The maximum Gasteiger partial charge on any atom is 0.329 e. The summed E-state index contributed by atoms with van der Waals surface area (Å²) in [5.74, 6) is -2.46. The number of carbonyl (C=O) groups excluding carboxylic acids is 3. The van der Waals surface area contributed by atoms with Gasteiger partial charge in [0.2, 0.25) is 17.5 Å². The van der Waals surface area contributed by atoms with Gasteiger partial charge in [0.15, 0.2) is 12.4 Å². The first-order valence-electron chi connectivity index (χ1n) is 12.4. The molecule has 1 saturated heterocycles. The number of benzene rings is 1. The predicted octanol–water partition coefficient (Wildman–Crippen LogP) is 3.54. The molecule has 38 heavy (non-hydrogen) atoms. The highest BCUT2D eigenvalue weighted by Gasteiger charge is 2.44. The van der Waals surface area contributed by atoms with Crippen LogP contribution in [0.15, 0.2) is 24.5 Å². The molecule has 0 bridgehead atoms. The van der Waals surface area contributed by atoms with Crippen LogP contribution in [-0.4, -0.2) is 70.7 Å². The minimum atomic E-state index is -1.21. The van der Waals surface area contributed by atoms with Crippen molar-refractivity contribution in [1.29, 1.82) is 0 Å². The number of hydrogen-bond acceptors (Lipinski definition) is 8. The highest BCUT2D eigenvalue weighted by atomic mass is 35.5. The van der Waals surface area contributed by atoms with Crippen molar-refractivity contribution < 1.29 is 28.2 Å². The van der Waals surface area contributed by atoms with Crippen LogP contribution in [0.5, 0.6) is 0 Å². The number of nitrogens with two attached hydrogens (primary N) is 1. The summed E-state index contributed by atoms with van der Waals surface area (Å²) in [4.78, 5) is 43.6. The fraction of sp³-hybridized carbons (Fsp3) is 0.480.